The molecular formula is C22H27NO5. The van der Waals surface area contributed by atoms with Crippen LogP contribution in [0.15, 0.2) is 36.4 Å². The van der Waals surface area contributed by atoms with Crippen molar-refractivity contribution < 1.29 is 23.9 Å². The molecule has 0 bridgehead atoms. The Labute approximate surface area is 165 Å². The van der Waals surface area contributed by atoms with E-state index in [4.69, 9.17) is 9.47 Å². The molecule has 150 valence electrons. The summed E-state index contributed by atoms with van der Waals surface area (Å²) in [4.78, 5) is 36.4. The van der Waals surface area contributed by atoms with E-state index in [1.807, 2.05) is 31.4 Å². The van der Waals surface area contributed by atoms with Gasteiger partial charge >= 0.3 is 5.97 Å². The molecule has 0 aliphatic carbocycles. The van der Waals surface area contributed by atoms with Crippen LogP contribution in [-0.2, 0) is 14.3 Å². The predicted octanol–water partition coefficient (Wildman–Crippen LogP) is 3.70. The molecule has 0 spiro atoms. The number of aryl methyl sites for hydroxylation is 1. The fourth-order valence-electron chi connectivity index (χ4n) is 3.33. The number of carbonyl (C=O) groups excluding carboxylic acids is 3. The Kier molecular flexibility index (Phi) is 7.70. The third-order valence-corrected chi connectivity index (χ3v) is 4.65. The summed E-state index contributed by atoms with van der Waals surface area (Å²) in [6, 6.07) is 10.7. The van der Waals surface area contributed by atoms with E-state index in [-0.39, 0.29) is 37.1 Å². The van der Waals surface area contributed by atoms with Crippen LogP contribution in [0, 0.1) is 13.8 Å². The smallest absolute Gasteiger partial charge is 0.306 e. The van der Waals surface area contributed by atoms with E-state index < -0.39 is 5.97 Å². The van der Waals surface area contributed by atoms with Crippen LogP contribution in [-0.4, -0.2) is 42.4 Å². The monoisotopic (exact) mass is 385 g/mol. The average molecular weight is 385 g/mol. The average Bonchev–Trinajstić information content (AvgIpc) is 2.99. The highest BCUT2D eigenvalue weighted by Crippen LogP contribution is 2.21. The Hall–Kier alpha value is -2.73. The van der Waals surface area contributed by atoms with Crippen LogP contribution < -0.4 is 0 Å². The van der Waals surface area contributed by atoms with Crippen molar-refractivity contribution in [2.45, 2.75) is 39.7 Å². The number of aromatic nitrogens is 1. The first kappa shape index (κ1) is 21.6. The topological polar surface area (TPSA) is 74.6 Å². The Morgan fingerprint density at radius 3 is 2.36 bits per heavy atom. The summed E-state index contributed by atoms with van der Waals surface area (Å²) >= 11 is 0. The minimum atomic E-state index is -0.556. The Morgan fingerprint density at radius 1 is 1.04 bits per heavy atom. The van der Waals surface area contributed by atoms with E-state index in [1.54, 1.807) is 37.4 Å². The molecule has 0 saturated carbocycles. The lowest BCUT2D eigenvalue weighted by Gasteiger charge is -2.17. The lowest BCUT2D eigenvalue weighted by molar-refractivity contribution is -0.142. The van der Waals surface area contributed by atoms with Crippen molar-refractivity contribution in [1.29, 1.82) is 0 Å². The van der Waals surface area contributed by atoms with Gasteiger partial charge in [0.15, 0.2) is 12.4 Å². The lowest BCUT2D eigenvalue weighted by Crippen LogP contribution is -2.17. The fraction of sp³-hybridized carbons (Fsp3) is 0.409. The van der Waals surface area contributed by atoms with E-state index in [2.05, 4.69) is 0 Å². The normalized spacial score (nSPS) is 11.9. The molecule has 2 rings (SSSR count). The molecule has 1 aromatic carbocycles. The maximum atomic E-state index is 12.5. The minimum absolute atomic E-state index is 0.0507. The molecule has 1 aromatic heterocycles. The molecule has 1 heterocycles. The lowest BCUT2D eigenvalue weighted by atomic mass is 10.1. The number of hydrogen-bond acceptors (Lipinski definition) is 5. The number of nitrogens with zero attached hydrogens (tertiary/aromatic N) is 1. The molecule has 1 atom stereocenters. The van der Waals surface area contributed by atoms with E-state index in [9.17, 15) is 14.4 Å². The zero-order valence-electron chi connectivity index (χ0n) is 16.9. The first-order valence-electron chi connectivity index (χ1n) is 9.29. The number of methoxy groups -OCH3 is 1. The summed E-state index contributed by atoms with van der Waals surface area (Å²) in [5, 5.41) is 0. The summed E-state index contributed by atoms with van der Waals surface area (Å²) in [7, 11) is 1.64. The van der Waals surface area contributed by atoms with E-state index in [0.29, 0.717) is 17.7 Å². The summed E-state index contributed by atoms with van der Waals surface area (Å²) in [5.41, 5.74) is 2.87. The maximum Gasteiger partial charge on any atom is 0.306 e. The highest BCUT2D eigenvalue weighted by atomic mass is 16.5. The molecule has 0 radical (unpaired) electrons. The second-order valence-electron chi connectivity index (χ2n) is 6.83. The molecule has 6 nitrogen and oxygen atoms in total. The van der Waals surface area contributed by atoms with Gasteiger partial charge in [0.2, 0.25) is 5.78 Å². The molecule has 2 aromatic rings. The SMILES string of the molecule is COCC(C)n1c(C)cc(C(=O)COC(=O)CCC(=O)c2ccccc2)c1C. The molecule has 6 heteroatoms. The number of rotatable bonds is 10. The van der Waals surface area contributed by atoms with Crippen LogP contribution >= 0.6 is 0 Å². The molecule has 0 aliphatic rings. The van der Waals surface area contributed by atoms with E-state index in [0.717, 1.165) is 11.4 Å². The first-order valence-corrected chi connectivity index (χ1v) is 9.29. The third kappa shape index (κ3) is 5.39. The summed E-state index contributed by atoms with van der Waals surface area (Å²) in [5.74, 6) is -0.939. The Balaban J connectivity index is 1.89. The van der Waals surface area contributed by atoms with Gasteiger partial charge in [0.1, 0.15) is 0 Å². The number of carbonyl (C=O) groups is 3. The van der Waals surface area contributed by atoms with Crippen LogP contribution in [0.1, 0.15) is 57.9 Å². The van der Waals surface area contributed by atoms with Crippen LogP contribution in [0.5, 0.6) is 0 Å². The maximum absolute atomic E-state index is 12.5. The second-order valence-corrected chi connectivity index (χ2v) is 6.83. The molecule has 0 saturated heterocycles. The largest absolute Gasteiger partial charge is 0.457 e. The molecule has 0 fully saturated rings. The van der Waals surface area contributed by atoms with Crippen LogP contribution in [0.3, 0.4) is 0 Å². The molecule has 28 heavy (non-hydrogen) atoms. The van der Waals surface area contributed by atoms with Crippen molar-refractivity contribution in [2.75, 3.05) is 20.3 Å². The quantitative estimate of drug-likeness (QED) is 0.460. The number of esters is 1. The van der Waals surface area contributed by atoms with Crippen LogP contribution in [0.2, 0.25) is 0 Å². The Bertz CT molecular complexity index is 838. The van der Waals surface area contributed by atoms with Gasteiger partial charge in [-0.2, -0.15) is 0 Å². The van der Waals surface area contributed by atoms with Crippen molar-refractivity contribution in [2.24, 2.45) is 0 Å². The van der Waals surface area contributed by atoms with Crippen molar-refractivity contribution >= 4 is 17.5 Å². The van der Waals surface area contributed by atoms with Crippen molar-refractivity contribution in [3.63, 3.8) is 0 Å². The van der Waals surface area contributed by atoms with Crippen molar-refractivity contribution in [3.05, 3.63) is 58.9 Å². The third-order valence-electron chi connectivity index (χ3n) is 4.65. The van der Waals surface area contributed by atoms with Gasteiger partial charge in [0.25, 0.3) is 0 Å². The molecule has 0 aliphatic heterocycles. The number of ketones is 2. The van der Waals surface area contributed by atoms with Gasteiger partial charge in [0, 0.05) is 36.0 Å². The van der Waals surface area contributed by atoms with Gasteiger partial charge in [0.05, 0.1) is 19.1 Å². The zero-order chi connectivity index (χ0) is 20.7. The summed E-state index contributed by atoms with van der Waals surface area (Å²) in [6.45, 7) is 6.02. The molecular weight excluding hydrogens is 358 g/mol. The fourth-order valence-corrected chi connectivity index (χ4v) is 3.33. The van der Waals surface area contributed by atoms with E-state index >= 15 is 0 Å². The highest BCUT2D eigenvalue weighted by Gasteiger charge is 2.20. The van der Waals surface area contributed by atoms with Crippen molar-refractivity contribution in [1.82, 2.24) is 4.57 Å². The zero-order valence-corrected chi connectivity index (χ0v) is 16.9. The van der Waals surface area contributed by atoms with Gasteiger partial charge in [-0.1, -0.05) is 30.3 Å². The van der Waals surface area contributed by atoms with Crippen molar-refractivity contribution in [3.8, 4) is 0 Å². The second kappa shape index (κ2) is 9.99. The van der Waals surface area contributed by atoms with Gasteiger partial charge in [-0.25, -0.2) is 0 Å². The van der Waals surface area contributed by atoms with Gasteiger partial charge in [-0.3, -0.25) is 14.4 Å². The number of Topliss-reactive ketones (excluding diaryl/α,β-unsaturated/α-hetero) is 2. The van der Waals surface area contributed by atoms with Gasteiger partial charge in [-0.05, 0) is 26.8 Å². The highest BCUT2D eigenvalue weighted by molar-refractivity contribution is 6.00. The predicted molar refractivity (Wildman–Crippen MR) is 106 cm³/mol. The van der Waals surface area contributed by atoms with Crippen LogP contribution in [0.4, 0.5) is 0 Å². The number of hydrogen-bond donors (Lipinski definition) is 0. The summed E-state index contributed by atoms with van der Waals surface area (Å²) in [6.07, 6.45) is 0.00495. The minimum Gasteiger partial charge on any atom is -0.457 e. The summed E-state index contributed by atoms with van der Waals surface area (Å²) < 4.78 is 12.3. The molecule has 1 unspecified atom stereocenters. The Morgan fingerprint density at radius 2 is 1.71 bits per heavy atom. The van der Waals surface area contributed by atoms with Crippen LogP contribution in [0.25, 0.3) is 0 Å². The van der Waals surface area contributed by atoms with E-state index in [1.165, 1.54) is 0 Å². The molecule has 0 amide bonds. The number of benzene rings is 1. The van der Waals surface area contributed by atoms with Gasteiger partial charge < -0.3 is 14.0 Å². The molecule has 0 N–H and O–H groups in total. The first-order chi connectivity index (χ1) is 13.3. The number of ether oxygens (including phenoxy) is 2. The van der Waals surface area contributed by atoms with Gasteiger partial charge in [-0.15, -0.1) is 0 Å². The standard InChI is InChI=1S/C22H27NO5/c1-15-12-19(17(3)23(15)16(2)13-27-4)21(25)14-28-22(26)11-10-20(24)18-8-6-5-7-9-18/h5-9,12,16H,10-11,13-14H2,1-4H3.